The molecule has 5 unspecified atom stereocenters. The first-order chi connectivity index (χ1) is 13.6. The molecule has 0 bridgehead atoms. The Morgan fingerprint density at radius 2 is 1.97 bits per heavy atom. The summed E-state index contributed by atoms with van der Waals surface area (Å²) in [5.41, 5.74) is 0.466. The highest BCUT2D eigenvalue weighted by molar-refractivity contribution is 5.94. The monoisotopic (exact) mass is 409 g/mol. The second-order valence-electron chi connectivity index (χ2n) is 7.59. The Labute approximate surface area is 169 Å². The minimum atomic E-state index is -1.09. The molecule has 160 valence electrons. The molecule has 1 amide bonds. The van der Waals surface area contributed by atoms with Crippen molar-refractivity contribution in [3.63, 3.8) is 0 Å². The number of fused-ring (bicyclic) bond motifs is 1. The van der Waals surface area contributed by atoms with E-state index in [1.807, 2.05) is 0 Å². The number of hydrogen-bond donors (Lipinski definition) is 2. The zero-order chi connectivity index (χ0) is 21.3. The van der Waals surface area contributed by atoms with Gasteiger partial charge in [0.15, 0.2) is 23.1 Å². The Morgan fingerprint density at radius 3 is 2.59 bits per heavy atom. The number of amides is 1. The van der Waals surface area contributed by atoms with Crippen molar-refractivity contribution in [2.45, 2.75) is 64.1 Å². The molecule has 0 spiro atoms. The van der Waals surface area contributed by atoms with Crippen molar-refractivity contribution in [1.29, 1.82) is 0 Å². The molecular weight excluding hydrogens is 382 g/mol. The van der Waals surface area contributed by atoms with Gasteiger partial charge in [-0.1, -0.05) is 0 Å². The summed E-state index contributed by atoms with van der Waals surface area (Å²) in [6.45, 7) is 6.48. The van der Waals surface area contributed by atoms with E-state index in [0.29, 0.717) is 17.1 Å². The van der Waals surface area contributed by atoms with Crippen LogP contribution in [0.4, 0.5) is 0 Å². The lowest BCUT2D eigenvalue weighted by atomic mass is 9.95. The average molecular weight is 409 g/mol. The summed E-state index contributed by atoms with van der Waals surface area (Å²) in [7, 11) is 1.45. The van der Waals surface area contributed by atoms with E-state index in [4.69, 9.17) is 23.7 Å². The third kappa shape index (κ3) is 4.69. The average Bonchev–Trinajstić information content (AvgIpc) is 2.65. The maximum Gasteiger partial charge on any atom is 0.223 e. The molecule has 2 aliphatic rings. The maximum absolute atomic E-state index is 11.7. The van der Waals surface area contributed by atoms with Gasteiger partial charge in [-0.25, -0.2) is 0 Å². The molecule has 2 aliphatic heterocycles. The quantitative estimate of drug-likeness (QED) is 0.693. The number of carbonyl (C=O) groups excluding carboxylic acids is 2. The van der Waals surface area contributed by atoms with E-state index < -0.39 is 36.4 Å². The van der Waals surface area contributed by atoms with Gasteiger partial charge in [0.05, 0.1) is 13.7 Å². The lowest BCUT2D eigenvalue weighted by Crippen LogP contribution is -2.69. The Bertz CT molecular complexity index is 780. The molecule has 0 aliphatic carbocycles. The number of ketones is 1. The molecule has 5 atom stereocenters. The van der Waals surface area contributed by atoms with E-state index in [1.165, 1.54) is 21.0 Å². The van der Waals surface area contributed by atoms with Crippen molar-refractivity contribution in [1.82, 2.24) is 5.32 Å². The van der Waals surface area contributed by atoms with Crippen molar-refractivity contribution in [2.24, 2.45) is 0 Å². The van der Waals surface area contributed by atoms with Gasteiger partial charge < -0.3 is 34.1 Å². The SMILES string of the molecule is COc1cc(C(C)=O)ccc1OC1OC2COC(C)(C)OC2C(O)C1NC(C)=O. The molecule has 0 aromatic heterocycles. The lowest BCUT2D eigenvalue weighted by Gasteiger charge is -2.49. The highest BCUT2D eigenvalue weighted by atomic mass is 16.8. The van der Waals surface area contributed by atoms with Crippen molar-refractivity contribution in [2.75, 3.05) is 13.7 Å². The molecule has 9 heteroatoms. The maximum atomic E-state index is 11.7. The molecule has 2 saturated heterocycles. The van der Waals surface area contributed by atoms with Crippen LogP contribution in [0.15, 0.2) is 18.2 Å². The number of methoxy groups -OCH3 is 1. The van der Waals surface area contributed by atoms with Gasteiger partial charge in [-0.3, -0.25) is 9.59 Å². The zero-order valence-electron chi connectivity index (χ0n) is 17.1. The Balaban J connectivity index is 1.87. The predicted octanol–water partition coefficient (Wildman–Crippen LogP) is 1.02. The summed E-state index contributed by atoms with van der Waals surface area (Å²) < 4.78 is 28.7. The Kier molecular flexibility index (Phi) is 6.13. The minimum Gasteiger partial charge on any atom is -0.493 e. The number of ether oxygens (including phenoxy) is 5. The third-order valence-electron chi connectivity index (χ3n) is 4.87. The van der Waals surface area contributed by atoms with Gasteiger partial charge in [0.2, 0.25) is 12.2 Å². The highest BCUT2D eigenvalue weighted by Gasteiger charge is 2.52. The van der Waals surface area contributed by atoms with E-state index in [-0.39, 0.29) is 18.3 Å². The Hall–Kier alpha value is -2.20. The smallest absolute Gasteiger partial charge is 0.223 e. The number of rotatable bonds is 5. The molecule has 2 fully saturated rings. The topological polar surface area (TPSA) is 113 Å². The largest absolute Gasteiger partial charge is 0.493 e. The van der Waals surface area contributed by atoms with Gasteiger partial charge in [0, 0.05) is 12.5 Å². The number of carbonyl (C=O) groups is 2. The van der Waals surface area contributed by atoms with Gasteiger partial charge in [0.1, 0.15) is 24.4 Å². The normalized spacial score (nSPS) is 30.8. The summed E-state index contributed by atoms with van der Waals surface area (Å²) in [5, 5.41) is 13.6. The van der Waals surface area contributed by atoms with Crippen LogP contribution >= 0.6 is 0 Å². The van der Waals surface area contributed by atoms with Crippen molar-refractivity contribution < 1.29 is 38.4 Å². The fourth-order valence-electron chi connectivity index (χ4n) is 3.44. The molecule has 9 nitrogen and oxygen atoms in total. The van der Waals surface area contributed by atoms with E-state index >= 15 is 0 Å². The molecular formula is C20H27NO8. The van der Waals surface area contributed by atoms with Crippen molar-refractivity contribution in [3.8, 4) is 11.5 Å². The number of aliphatic hydroxyl groups excluding tert-OH is 1. The molecule has 0 radical (unpaired) electrons. The fourth-order valence-corrected chi connectivity index (χ4v) is 3.44. The predicted molar refractivity (Wildman–Crippen MR) is 101 cm³/mol. The van der Waals surface area contributed by atoms with Gasteiger partial charge >= 0.3 is 0 Å². The second kappa shape index (κ2) is 8.27. The number of benzene rings is 1. The van der Waals surface area contributed by atoms with Crippen LogP contribution in [0.2, 0.25) is 0 Å². The van der Waals surface area contributed by atoms with E-state index in [0.717, 1.165) is 0 Å². The van der Waals surface area contributed by atoms with Gasteiger partial charge in [-0.05, 0) is 39.0 Å². The van der Waals surface area contributed by atoms with Crippen LogP contribution in [0, 0.1) is 0 Å². The highest BCUT2D eigenvalue weighted by Crippen LogP contribution is 2.35. The summed E-state index contributed by atoms with van der Waals surface area (Å²) >= 11 is 0. The van der Waals surface area contributed by atoms with Crippen LogP contribution in [-0.2, 0) is 19.0 Å². The van der Waals surface area contributed by atoms with Crippen LogP contribution in [0.3, 0.4) is 0 Å². The van der Waals surface area contributed by atoms with Gasteiger partial charge in [0.25, 0.3) is 0 Å². The molecule has 3 rings (SSSR count). The first kappa shape index (κ1) is 21.5. The summed E-state index contributed by atoms with van der Waals surface area (Å²) in [6.07, 6.45) is -3.40. The summed E-state index contributed by atoms with van der Waals surface area (Å²) in [5.74, 6) is -0.712. The Morgan fingerprint density at radius 1 is 1.24 bits per heavy atom. The molecule has 1 aromatic rings. The third-order valence-corrected chi connectivity index (χ3v) is 4.87. The number of aliphatic hydroxyl groups is 1. The number of hydrogen-bond acceptors (Lipinski definition) is 8. The van der Waals surface area contributed by atoms with Gasteiger partial charge in [-0.2, -0.15) is 0 Å². The minimum absolute atomic E-state index is 0.114. The van der Waals surface area contributed by atoms with Crippen LogP contribution in [0.25, 0.3) is 0 Å². The first-order valence-corrected chi connectivity index (χ1v) is 9.39. The summed E-state index contributed by atoms with van der Waals surface area (Å²) in [4.78, 5) is 23.3. The van der Waals surface area contributed by atoms with E-state index in [2.05, 4.69) is 5.32 Å². The van der Waals surface area contributed by atoms with Crippen molar-refractivity contribution >= 4 is 11.7 Å². The van der Waals surface area contributed by atoms with Crippen LogP contribution in [0.5, 0.6) is 11.5 Å². The number of nitrogens with one attached hydrogen (secondary N) is 1. The summed E-state index contributed by atoms with van der Waals surface area (Å²) in [6, 6.07) is 3.85. The standard InChI is InChI=1S/C20H27NO8/c1-10(22)12-6-7-13(14(8-12)25-5)27-19-16(21-11(2)23)17(24)18-15(28-19)9-26-20(3,4)29-18/h6-8,15-19,24H,9H2,1-5H3,(H,21,23). The van der Waals surface area contributed by atoms with Crippen LogP contribution in [-0.4, -0.2) is 66.9 Å². The number of Topliss-reactive ketones (excluding diaryl/α,β-unsaturated/α-hetero) is 1. The molecule has 2 heterocycles. The van der Waals surface area contributed by atoms with E-state index in [9.17, 15) is 14.7 Å². The molecule has 0 saturated carbocycles. The van der Waals surface area contributed by atoms with E-state index in [1.54, 1.807) is 32.0 Å². The van der Waals surface area contributed by atoms with Crippen molar-refractivity contribution in [3.05, 3.63) is 23.8 Å². The zero-order valence-corrected chi connectivity index (χ0v) is 17.1. The molecule has 1 aromatic carbocycles. The second-order valence-corrected chi connectivity index (χ2v) is 7.59. The molecule has 29 heavy (non-hydrogen) atoms. The van der Waals surface area contributed by atoms with Crippen LogP contribution < -0.4 is 14.8 Å². The van der Waals surface area contributed by atoms with Crippen LogP contribution in [0.1, 0.15) is 38.1 Å². The molecule has 2 N–H and O–H groups in total. The lowest BCUT2D eigenvalue weighted by molar-refractivity contribution is -0.361. The van der Waals surface area contributed by atoms with Gasteiger partial charge in [-0.15, -0.1) is 0 Å². The first-order valence-electron chi connectivity index (χ1n) is 9.39. The fraction of sp³-hybridized carbons (Fsp3) is 0.600.